The predicted molar refractivity (Wildman–Crippen MR) is 62.0 cm³/mol. The van der Waals surface area contributed by atoms with E-state index in [-0.39, 0.29) is 6.10 Å². The van der Waals surface area contributed by atoms with E-state index in [9.17, 15) is 5.11 Å². The minimum Gasteiger partial charge on any atom is -0.466 e. The Morgan fingerprint density at radius 1 is 1.07 bits per heavy atom. The Balaban J connectivity index is 3.04. The first-order valence-electron chi connectivity index (χ1n) is 5.77. The van der Waals surface area contributed by atoms with E-state index in [1.807, 2.05) is 20.8 Å². The van der Waals surface area contributed by atoms with Gasteiger partial charge in [-0.1, -0.05) is 26.7 Å². The zero-order chi connectivity index (χ0) is 11.6. The highest BCUT2D eigenvalue weighted by Gasteiger charge is 2.24. The van der Waals surface area contributed by atoms with E-state index in [0.717, 1.165) is 35.5 Å². The molecule has 0 spiro atoms. The molecule has 86 valence electrons. The van der Waals surface area contributed by atoms with Gasteiger partial charge in [-0.3, -0.25) is 0 Å². The topological polar surface area (TPSA) is 33.4 Å². The van der Waals surface area contributed by atoms with E-state index < -0.39 is 0 Å². The minimum atomic E-state index is -0.377. The number of hydrogen-bond donors (Lipinski definition) is 1. The molecule has 0 amide bonds. The van der Waals surface area contributed by atoms with Crippen molar-refractivity contribution in [1.29, 1.82) is 0 Å². The molecule has 0 bridgehead atoms. The summed E-state index contributed by atoms with van der Waals surface area (Å²) in [5.41, 5.74) is 2.10. The second kappa shape index (κ2) is 4.84. The average molecular weight is 210 g/mol. The van der Waals surface area contributed by atoms with Gasteiger partial charge in [-0.25, -0.2) is 0 Å². The standard InChI is InChI=1S/C13H22O2/c1-6-11(7-2)13(14)12-8(3)9(4)15-10(12)5/h11,13-14H,6-7H2,1-5H3. The van der Waals surface area contributed by atoms with Gasteiger partial charge in [-0.15, -0.1) is 0 Å². The third-order valence-corrected chi connectivity index (χ3v) is 3.41. The maximum absolute atomic E-state index is 10.3. The monoisotopic (exact) mass is 210 g/mol. The van der Waals surface area contributed by atoms with Crippen molar-refractivity contribution < 1.29 is 9.52 Å². The molecule has 1 heterocycles. The second-order valence-electron chi connectivity index (χ2n) is 4.27. The third-order valence-electron chi connectivity index (χ3n) is 3.41. The average Bonchev–Trinajstić information content (AvgIpc) is 2.43. The van der Waals surface area contributed by atoms with Gasteiger partial charge >= 0.3 is 0 Å². The molecule has 0 aliphatic rings. The lowest BCUT2D eigenvalue weighted by molar-refractivity contribution is 0.101. The summed E-state index contributed by atoms with van der Waals surface area (Å²) < 4.78 is 5.55. The fraction of sp³-hybridized carbons (Fsp3) is 0.692. The van der Waals surface area contributed by atoms with Crippen molar-refractivity contribution in [2.24, 2.45) is 5.92 Å². The first-order chi connectivity index (χ1) is 7.02. The maximum Gasteiger partial charge on any atom is 0.107 e. The number of aliphatic hydroxyl groups is 1. The van der Waals surface area contributed by atoms with Crippen molar-refractivity contribution in [3.8, 4) is 0 Å². The fourth-order valence-corrected chi connectivity index (χ4v) is 2.22. The highest BCUT2D eigenvalue weighted by Crippen LogP contribution is 2.34. The van der Waals surface area contributed by atoms with E-state index in [4.69, 9.17) is 4.42 Å². The van der Waals surface area contributed by atoms with Crippen LogP contribution in [0.1, 0.15) is 55.4 Å². The normalized spacial score (nSPS) is 13.5. The van der Waals surface area contributed by atoms with Crippen molar-refractivity contribution in [2.75, 3.05) is 0 Å². The minimum absolute atomic E-state index is 0.333. The molecular weight excluding hydrogens is 188 g/mol. The van der Waals surface area contributed by atoms with Gasteiger partial charge in [0, 0.05) is 5.56 Å². The van der Waals surface area contributed by atoms with Crippen LogP contribution in [0.25, 0.3) is 0 Å². The molecule has 1 rings (SSSR count). The zero-order valence-corrected chi connectivity index (χ0v) is 10.4. The molecule has 1 unspecified atom stereocenters. The molecule has 0 saturated carbocycles. The summed E-state index contributed by atoms with van der Waals surface area (Å²) in [6.07, 6.45) is 1.62. The van der Waals surface area contributed by atoms with Crippen LogP contribution >= 0.6 is 0 Å². The van der Waals surface area contributed by atoms with Crippen LogP contribution in [0.4, 0.5) is 0 Å². The van der Waals surface area contributed by atoms with Crippen molar-refractivity contribution >= 4 is 0 Å². The first kappa shape index (κ1) is 12.3. The molecule has 1 aromatic rings. The quantitative estimate of drug-likeness (QED) is 0.822. The Bertz CT molecular complexity index is 322. The van der Waals surface area contributed by atoms with Gasteiger partial charge in [-0.2, -0.15) is 0 Å². The smallest absolute Gasteiger partial charge is 0.107 e. The van der Waals surface area contributed by atoms with Crippen molar-refractivity contribution in [1.82, 2.24) is 0 Å². The number of hydrogen-bond acceptors (Lipinski definition) is 2. The Labute approximate surface area is 92.3 Å². The molecule has 1 aromatic heterocycles. The lowest BCUT2D eigenvalue weighted by Crippen LogP contribution is -2.12. The Morgan fingerprint density at radius 2 is 1.60 bits per heavy atom. The molecular formula is C13H22O2. The lowest BCUT2D eigenvalue weighted by Gasteiger charge is -2.20. The summed E-state index contributed by atoms with van der Waals surface area (Å²) in [5, 5.41) is 10.3. The van der Waals surface area contributed by atoms with Crippen LogP contribution in [-0.2, 0) is 0 Å². The summed E-state index contributed by atoms with van der Waals surface area (Å²) in [5.74, 6) is 2.12. The highest BCUT2D eigenvalue weighted by atomic mass is 16.3. The van der Waals surface area contributed by atoms with Gasteiger partial charge in [0.25, 0.3) is 0 Å². The van der Waals surface area contributed by atoms with Crippen LogP contribution in [0, 0.1) is 26.7 Å². The molecule has 0 fully saturated rings. The van der Waals surface area contributed by atoms with Crippen LogP contribution in [-0.4, -0.2) is 5.11 Å². The molecule has 1 N–H and O–H groups in total. The third kappa shape index (κ3) is 2.25. The molecule has 0 aromatic carbocycles. The van der Waals surface area contributed by atoms with E-state index >= 15 is 0 Å². The van der Waals surface area contributed by atoms with Gasteiger partial charge in [0.2, 0.25) is 0 Å². The summed E-state index contributed by atoms with van der Waals surface area (Å²) in [4.78, 5) is 0. The van der Waals surface area contributed by atoms with E-state index in [1.54, 1.807) is 0 Å². The Morgan fingerprint density at radius 3 is 1.93 bits per heavy atom. The van der Waals surface area contributed by atoms with Crippen molar-refractivity contribution in [3.63, 3.8) is 0 Å². The van der Waals surface area contributed by atoms with Crippen LogP contribution < -0.4 is 0 Å². The lowest BCUT2D eigenvalue weighted by atomic mass is 9.89. The second-order valence-corrected chi connectivity index (χ2v) is 4.27. The first-order valence-corrected chi connectivity index (χ1v) is 5.77. The molecule has 0 radical (unpaired) electrons. The summed E-state index contributed by atoms with van der Waals surface area (Å²) in [7, 11) is 0. The van der Waals surface area contributed by atoms with Gasteiger partial charge in [0.15, 0.2) is 0 Å². The highest BCUT2D eigenvalue weighted by molar-refractivity contribution is 5.33. The molecule has 2 heteroatoms. The van der Waals surface area contributed by atoms with Crippen LogP contribution in [0.3, 0.4) is 0 Å². The molecule has 2 nitrogen and oxygen atoms in total. The van der Waals surface area contributed by atoms with Crippen LogP contribution in [0.15, 0.2) is 4.42 Å². The predicted octanol–water partition coefficient (Wildman–Crippen LogP) is 3.67. The molecule has 0 saturated heterocycles. The molecule has 0 aliphatic carbocycles. The van der Waals surface area contributed by atoms with E-state index in [1.165, 1.54) is 0 Å². The van der Waals surface area contributed by atoms with Gasteiger partial charge < -0.3 is 9.52 Å². The largest absolute Gasteiger partial charge is 0.466 e. The number of furan rings is 1. The SMILES string of the molecule is CCC(CC)C(O)c1c(C)oc(C)c1C. The van der Waals surface area contributed by atoms with E-state index in [2.05, 4.69) is 13.8 Å². The number of aliphatic hydroxyl groups excluding tert-OH is 1. The van der Waals surface area contributed by atoms with Crippen molar-refractivity contribution in [3.05, 3.63) is 22.6 Å². The van der Waals surface area contributed by atoms with Crippen LogP contribution in [0.2, 0.25) is 0 Å². The zero-order valence-electron chi connectivity index (χ0n) is 10.4. The number of aryl methyl sites for hydroxylation is 2. The van der Waals surface area contributed by atoms with Crippen LogP contribution in [0.5, 0.6) is 0 Å². The fourth-order valence-electron chi connectivity index (χ4n) is 2.22. The Hall–Kier alpha value is -0.760. The maximum atomic E-state index is 10.3. The van der Waals surface area contributed by atoms with Gasteiger partial charge in [0.1, 0.15) is 11.5 Å². The Kier molecular flexibility index (Phi) is 3.97. The molecule has 1 atom stereocenters. The number of rotatable bonds is 4. The van der Waals surface area contributed by atoms with Gasteiger partial charge in [0.05, 0.1) is 6.10 Å². The molecule has 15 heavy (non-hydrogen) atoms. The summed E-state index contributed by atoms with van der Waals surface area (Å²) in [6.45, 7) is 10.1. The summed E-state index contributed by atoms with van der Waals surface area (Å²) in [6, 6.07) is 0. The summed E-state index contributed by atoms with van der Waals surface area (Å²) >= 11 is 0. The molecule has 0 aliphatic heterocycles. The van der Waals surface area contributed by atoms with E-state index in [0.29, 0.717) is 5.92 Å². The van der Waals surface area contributed by atoms with Gasteiger partial charge in [-0.05, 0) is 32.3 Å². The van der Waals surface area contributed by atoms with Crippen molar-refractivity contribution in [2.45, 2.75) is 53.6 Å².